The molecule has 25 heavy (non-hydrogen) atoms. The molecule has 3 rings (SSSR count). The first-order valence-corrected chi connectivity index (χ1v) is 9.02. The molecule has 0 radical (unpaired) electrons. The fourth-order valence-corrected chi connectivity index (χ4v) is 3.95. The fraction of sp³-hybridized carbons (Fsp3) is 0.158. The number of nitrogens with zero attached hydrogens (tertiary/aromatic N) is 3. The highest BCUT2D eigenvalue weighted by Gasteiger charge is 2.31. The van der Waals surface area contributed by atoms with E-state index in [4.69, 9.17) is 11.6 Å². The number of Topliss-reactive ketones (excluding diaryl/α,β-unsaturated/α-hetero) is 1. The molecule has 0 aliphatic carbocycles. The summed E-state index contributed by atoms with van der Waals surface area (Å²) in [5.41, 5.74) is 2.10. The zero-order chi connectivity index (χ0) is 18.0. The van der Waals surface area contributed by atoms with E-state index < -0.39 is 0 Å². The quantitative estimate of drug-likeness (QED) is 0.456. The molecular formula is C19H16ClN3OS. The van der Waals surface area contributed by atoms with Crippen LogP contribution in [-0.4, -0.2) is 25.6 Å². The molecule has 1 aliphatic rings. The highest BCUT2D eigenvalue weighted by Crippen LogP contribution is 2.40. The van der Waals surface area contributed by atoms with Crippen LogP contribution in [0.2, 0.25) is 5.02 Å². The maximum atomic E-state index is 12.7. The number of carbonyl (C=O) groups is 1. The Bertz CT molecular complexity index is 873. The van der Waals surface area contributed by atoms with Crippen molar-refractivity contribution in [3.8, 4) is 6.07 Å². The van der Waals surface area contributed by atoms with Crippen LogP contribution in [0.1, 0.15) is 0 Å². The van der Waals surface area contributed by atoms with Gasteiger partial charge in [-0.2, -0.15) is 5.26 Å². The van der Waals surface area contributed by atoms with E-state index in [1.165, 1.54) is 11.8 Å². The summed E-state index contributed by atoms with van der Waals surface area (Å²) in [6.07, 6.45) is 0. The van der Waals surface area contributed by atoms with Gasteiger partial charge in [0.05, 0.1) is 22.2 Å². The van der Waals surface area contributed by atoms with Gasteiger partial charge in [0.25, 0.3) is 0 Å². The van der Waals surface area contributed by atoms with Crippen molar-refractivity contribution in [1.29, 1.82) is 5.26 Å². The normalized spacial score (nSPS) is 12.8. The number of benzene rings is 2. The molecule has 0 amide bonds. The Hall–Kier alpha value is -2.42. The van der Waals surface area contributed by atoms with Crippen molar-refractivity contribution in [3.05, 3.63) is 64.9 Å². The topological polar surface area (TPSA) is 47.3 Å². The van der Waals surface area contributed by atoms with E-state index >= 15 is 0 Å². The Kier molecular flexibility index (Phi) is 5.03. The molecule has 4 nitrogen and oxygen atoms in total. The average Bonchev–Trinajstić information content (AvgIpc) is 2.87. The molecule has 0 atom stereocenters. The van der Waals surface area contributed by atoms with Crippen molar-refractivity contribution in [1.82, 2.24) is 0 Å². The molecule has 1 heterocycles. The number of hydrogen-bond acceptors (Lipinski definition) is 5. The number of ketones is 1. The Morgan fingerprint density at radius 3 is 2.20 bits per heavy atom. The summed E-state index contributed by atoms with van der Waals surface area (Å²) in [4.78, 5) is 17.3. The van der Waals surface area contributed by atoms with Crippen LogP contribution in [0.3, 0.4) is 0 Å². The first-order valence-electron chi connectivity index (χ1n) is 7.66. The number of para-hydroxylation sites is 2. The van der Waals surface area contributed by atoms with Crippen molar-refractivity contribution >= 4 is 40.5 Å². The van der Waals surface area contributed by atoms with Gasteiger partial charge in [0.15, 0.2) is 5.78 Å². The second-order valence-corrected chi connectivity index (χ2v) is 6.98. The van der Waals surface area contributed by atoms with Gasteiger partial charge in [-0.15, -0.1) is 11.8 Å². The van der Waals surface area contributed by atoms with Gasteiger partial charge in [-0.3, -0.25) is 4.79 Å². The van der Waals surface area contributed by atoms with Gasteiger partial charge < -0.3 is 9.80 Å². The van der Waals surface area contributed by atoms with Crippen LogP contribution in [-0.2, 0) is 4.79 Å². The minimum atomic E-state index is -0.214. The summed E-state index contributed by atoms with van der Waals surface area (Å²) in [6.45, 7) is 0. The molecule has 2 aromatic rings. The van der Waals surface area contributed by atoms with Crippen molar-refractivity contribution < 1.29 is 4.79 Å². The lowest BCUT2D eigenvalue weighted by Crippen LogP contribution is -2.26. The van der Waals surface area contributed by atoms with Crippen molar-refractivity contribution in [2.24, 2.45) is 0 Å². The van der Waals surface area contributed by atoms with E-state index in [0.29, 0.717) is 10.8 Å². The van der Waals surface area contributed by atoms with Crippen LogP contribution in [0, 0.1) is 11.3 Å². The maximum Gasteiger partial charge on any atom is 0.187 e. The molecule has 0 aromatic heterocycles. The third-order valence-corrected chi connectivity index (χ3v) is 5.56. The van der Waals surface area contributed by atoms with Gasteiger partial charge >= 0.3 is 0 Å². The lowest BCUT2D eigenvalue weighted by atomic mass is 10.2. The predicted molar refractivity (Wildman–Crippen MR) is 103 cm³/mol. The van der Waals surface area contributed by atoms with Crippen LogP contribution in [0.15, 0.2) is 64.8 Å². The van der Waals surface area contributed by atoms with E-state index in [-0.39, 0.29) is 17.1 Å². The van der Waals surface area contributed by atoms with Crippen LogP contribution < -0.4 is 9.80 Å². The molecule has 0 saturated carbocycles. The van der Waals surface area contributed by atoms with E-state index in [1.807, 2.05) is 66.4 Å². The lowest BCUT2D eigenvalue weighted by Gasteiger charge is -2.19. The van der Waals surface area contributed by atoms with Crippen molar-refractivity contribution in [3.63, 3.8) is 0 Å². The Labute approximate surface area is 156 Å². The van der Waals surface area contributed by atoms with Crippen LogP contribution >= 0.6 is 23.4 Å². The summed E-state index contributed by atoms with van der Waals surface area (Å²) >= 11 is 7.47. The van der Waals surface area contributed by atoms with E-state index in [9.17, 15) is 10.1 Å². The molecule has 0 fully saturated rings. The van der Waals surface area contributed by atoms with E-state index in [2.05, 4.69) is 6.07 Å². The SMILES string of the molecule is CN1C(=C(C#N)C(=O)CSc2ccccc2Cl)N(C)c2ccccc21. The van der Waals surface area contributed by atoms with Gasteiger partial charge in [0, 0.05) is 19.0 Å². The Morgan fingerprint density at radius 2 is 1.64 bits per heavy atom. The highest BCUT2D eigenvalue weighted by molar-refractivity contribution is 8.00. The molecule has 0 spiro atoms. The Balaban J connectivity index is 1.87. The standard InChI is InChI=1S/C19H16ClN3OS/c1-22-15-8-4-5-9-16(15)23(2)19(22)13(11-21)17(24)12-25-18-10-6-3-7-14(18)20/h3-10H,12H2,1-2H3. The molecule has 0 N–H and O–H groups in total. The lowest BCUT2D eigenvalue weighted by molar-refractivity contribution is -0.112. The van der Waals surface area contributed by atoms with Gasteiger partial charge in [-0.1, -0.05) is 35.9 Å². The molecular weight excluding hydrogens is 354 g/mol. The molecule has 2 aromatic carbocycles. The third-order valence-electron chi connectivity index (χ3n) is 4.05. The minimum Gasteiger partial charge on any atom is -0.328 e. The zero-order valence-electron chi connectivity index (χ0n) is 13.9. The Morgan fingerprint density at radius 1 is 1.08 bits per heavy atom. The maximum absolute atomic E-state index is 12.7. The molecule has 0 unspecified atom stereocenters. The van der Waals surface area contributed by atoms with Crippen molar-refractivity contribution in [2.75, 3.05) is 29.6 Å². The number of halogens is 1. The molecule has 126 valence electrons. The summed E-state index contributed by atoms with van der Waals surface area (Å²) in [5.74, 6) is 0.552. The van der Waals surface area contributed by atoms with Gasteiger partial charge in [-0.05, 0) is 24.3 Å². The largest absolute Gasteiger partial charge is 0.328 e. The zero-order valence-corrected chi connectivity index (χ0v) is 15.4. The van der Waals surface area contributed by atoms with Crippen LogP contribution in [0.25, 0.3) is 0 Å². The molecule has 0 saturated heterocycles. The number of anilines is 2. The van der Waals surface area contributed by atoms with E-state index in [0.717, 1.165) is 16.3 Å². The number of nitriles is 1. The molecule has 6 heteroatoms. The third kappa shape index (κ3) is 3.23. The number of hydrogen-bond donors (Lipinski definition) is 0. The fourth-order valence-electron chi connectivity index (χ4n) is 2.83. The van der Waals surface area contributed by atoms with Crippen LogP contribution in [0.5, 0.6) is 0 Å². The summed E-state index contributed by atoms with van der Waals surface area (Å²) in [7, 11) is 3.73. The van der Waals surface area contributed by atoms with Gasteiger partial charge in [0.1, 0.15) is 17.5 Å². The minimum absolute atomic E-state index is 0.153. The monoisotopic (exact) mass is 369 g/mol. The van der Waals surface area contributed by atoms with E-state index in [1.54, 1.807) is 6.07 Å². The smallest absolute Gasteiger partial charge is 0.187 e. The molecule has 0 bridgehead atoms. The second-order valence-electron chi connectivity index (χ2n) is 5.56. The summed E-state index contributed by atoms with van der Waals surface area (Å²) in [6, 6.07) is 17.3. The second kappa shape index (κ2) is 7.22. The molecule has 1 aliphatic heterocycles. The number of rotatable bonds is 4. The predicted octanol–water partition coefficient (Wildman–Crippen LogP) is 4.32. The number of allylic oxidation sites excluding steroid dienone is 1. The number of carbonyl (C=O) groups excluding carboxylic acids is 1. The number of fused-ring (bicyclic) bond motifs is 1. The van der Waals surface area contributed by atoms with Gasteiger partial charge in [-0.25, -0.2) is 0 Å². The van der Waals surface area contributed by atoms with Crippen molar-refractivity contribution in [2.45, 2.75) is 4.90 Å². The summed E-state index contributed by atoms with van der Waals surface area (Å²) < 4.78 is 0. The number of thioether (sulfide) groups is 1. The first-order chi connectivity index (χ1) is 12.0. The highest BCUT2D eigenvalue weighted by atomic mass is 35.5. The first kappa shape index (κ1) is 17.4. The van der Waals surface area contributed by atoms with Crippen LogP contribution in [0.4, 0.5) is 11.4 Å². The van der Waals surface area contributed by atoms with Gasteiger partial charge in [0.2, 0.25) is 0 Å². The summed E-state index contributed by atoms with van der Waals surface area (Å²) in [5, 5.41) is 10.2. The average molecular weight is 370 g/mol.